The maximum atomic E-state index is 5.63. The monoisotopic (exact) mass is 231 g/mol. The zero-order valence-corrected chi connectivity index (χ0v) is 10.9. The fraction of sp³-hybridized carbons (Fsp3) is 0.500. The van der Waals surface area contributed by atoms with Gasteiger partial charge in [0.25, 0.3) is 0 Å². The van der Waals surface area contributed by atoms with E-state index in [1.54, 1.807) is 0 Å². The maximum absolute atomic E-state index is 5.63. The van der Waals surface area contributed by atoms with E-state index in [2.05, 4.69) is 41.7 Å². The summed E-state index contributed by atoms with van der Waals surface area (Å²) in [6.07, 6.45) is 2.23. The number of imidazole rings is 1. The summed E-state index contributed by atoms with van der Waals surface area (Å²) in [5, 5.41) is 0. The molecule has 0 radical (unpaired) electrons. The van der Waals surface area contributed by atoms with E-state index in [0.717, 1.165) is 30.7 Å². The van der Waals surface area contributed by atoms with Crippen LogP contribution in [-0.2, 0) is 13.5 Å². The summed E-state index contributed by atoms with van der Waals surface area (Å²) >= 11 is 0. The molecule has 1 aromatic heterocycles. The molecular weight excluding hydrogens is 210 g/mol. The summed E-state index contributed by atoms with van der Waals surface area (Å²) in [5.41, 5.74) is 9.30. The Hall–Kier alpha value is -1.35. The summed E-state index contributed by atoms with van der Waals surface area (Å²) < 4.78 is 2.13. The first kappa shape index (κ1) is 12.1. The Bertz CT molecular complexity index is 513. The quantitative estimate of drug-likeness (QED) is 0.878. The first-order valence-corrected chi connectivity index (χ1v) is 6.24. The lowest BCUT2D eigenvalue weighted by atomic mass is 10.0. The van der Waals surface area contributed by atoms with Crippen molar-refractivity contribution in [2.75, 3.05) is 6.54 Å². The zero-order valence-electron chi connectivity index (χ0n) is 10.9. The SMILES string of the molecule is Cc1nc2cc(CCC(C)CN)ccc2n1C. The largest absolute Gasteiger partial charge is 0.331 e. The third-order valence-electron chi connectivity index (χ3n) is 3.50. The Morgan fingerprint density at radius 3 is 2.88 bits per heavy atom. The van der Waals surface area contributed by atoms with Gasteiger partial charge in [-0.3, -0.25) is 0 Å². The second-order valence-corrected chi connectivity index (χ2v) is 4.92. The summed E-state index contributed by atoms with van der Waals surface area (Å²) in [7, 11) is 2.06. The number of aromatic nitrogens is 2. The van der Waals surface area contributed by atoms with Gasteiger partial charge in [-0.05, 0) is 49.9 Å². The number of rotatable bonds is 4. The van der Waals surface area contributed by atoms with Crippen molar-refractivity contribution in [2.24, 2.45) is 18.7 Å². The Labute approximate surface area is 103 Å². The third kappa shape index (κ3) is 2.50. The van der Waals surface area contributed by atoms with Crippen LogP contribution in [0.15, 0.2) is 18.2 Å². The normalized spacial score (nSPS) is 13.2. The minimum Gasteiger partial charge on any atom is -0.331 e. The summed E-state index contributed by atoms with van der Waals surface area (Å²) in [6.45, 7) is 5.00. The van der Waals surface area contributed by atoms with E-state index < -0.39 is 0 Å². The van der Waals surface area contributed by atoms with Crippen molar-refractivity contribution < 1.29 is 0 Å². The molecule has 17 heavy (non-hydrogen) atoms. The fourth-order valence-corrected chi connectivity index (χ4v) is 2.05. The molecular formula is C14H21N3. The number of hydrogen-bond acceptors (Lipinski definition) is 2. The first-order chi connectivity index (χ1) is 8.11. The molecule has 0 aliphatic rings. The highest BCUT2D eigenvalue weighted by molar-refractivity contribution is 5.76. The molecule has 1 unspecified atom stereocenters. The van der Waals surface area contributed by atoms with Crippen LogP contribution in [0.3, 0.4) is 0 Å². The molecule has 3 nitrogen and oxygen atoms in total. The van der Waals surface area contributed by atoms with Crippen LogP contribution in [0.4, 0.5) is 0 Å². The van der Waals surface area contributed by atoms with Crippen LogP contribution in [0.25, 0.3) is 11.0 Å². The van der Waals surface area contributed by atoms with Gasteiger partial charge in [0.2, 0.25) is 0 Å². The number of nitrogens with zero attached hydrogens (tertiary/aromatic N) is 2. The van der Waals surface area contributed by atoms with Gasteiger partial charge in [-0.2, -0.15) is 0 Å². The highest BCUT2D eigenvalue weighted by Gasteiger charge is 2.05. The minimum atomic E-state index is 0.594. The van der Waals surface area contributed by atoms with E-state index in [9.17, 15) is 0 Å². The molecule has 1 aromatic carbocycles. The van der Waals surface area contributed by atoms with Crippen molar-refractivity contribution in [1.82, 2.24) is 9.55 Å². The number of aryl methyl sites for hydroxylation is 3. The van der Waals surface area contributed by atoms with E-state index in [1.165, 1.54) is 11.1 Å². The van der Waals surface area contributed by atoms with E-state index in [4.69, 9.17) is 5.73 Å². The van der Waals surface area contributed by atoms with Gasteiger partial charge in [0.15, 0.2) is 0 Å². The average Bonchev–Trinajstić information content (AvgIpc) is 2.62. The Morgan fingerprint density at radius 1 is 1.41 bits per heavy atom. The number of hydrogen-bond donors (Lipinski definition) is 1. The van der Waals surface area contributed by atoms with Gasteiger partial charge in [0.05, 0.1) is 11.0 Å². The molecule has 0 spiro atoms. The molecule has 2 N–H and O–H groups in total. The molecule has 0 saturated carbocycles. The molecule has 0 saturated heterocycles. The van der Waals surface area contributed by atoms with Crippen molar-refractivity contribution >= 4 is 11.0 Å². The maximum Gasteiger partial charge on any atom is 0.106 e. The minimum absolute atomic E-state index is 0.594. The predicted octanol–water partition coefficient (Wildman–Crippen LogP) is 2.41. The molecule has 1 heterocycles. The van der Waals surface area contributed by atoms with Gasteiger partial charge in [-0.25, -0.2) is 4.98 Å². The van der Waals surface area contributed by atoms with Crippen LogP contribution >= 0.6 is 0 Å². The van der Waals surface area contributed by atoms with Crippen LogP contribution in [0.5, 0.6) is 0 Å². The molecule has 1 atom stereocenters. The van der Waals surface area contributed by atoms with Crippen LogP contribution in [0.2, 0.25) is 0 Å². The van der Waals surface area contributed by atoms with E-state index >= 15 is 0 Å². The summed E-state index contributed by atoms with van der Waals surface area (Å²) in [6, 6.07) is 6.57. The second kappa shape index (κ2) is 4.88. The Balaban J connectivity index is 2.20. The Morgan fingerprint density at radius 2 is 2.18 bits per heavy atom. The van der Waals surface area contributed by atoms with Gasteiger partial charge >= 0.3 is 0 Å². The van der Waals surface area contributed by atoms with E-state index in [1.807, 2.05) is 6.92 Å². The predicted molar refractivity (Wildman–Crippen MR) is 72.0 cm³/mol. The first-order valence-electron chi connectivity index (χ1n) is 6.24. The zero-order chi connectivity index (χ0) is 12.4. The molecule has 0 fully saturated rings. The lowest BCUT2D eigenvalue weighted by Crippen LogP contribution is -2.11. The van der Waals surface area contributed by atoms with Crippen LogP contribution in [0, 0.1) is 12.8 Å². The van der Waals surface area contributed by atoms with Crippen molar-refractivity contribution in [3.63, 3.8) is 0 Å². The van der Waals surface area contributed by atoms with Crippen molar-refractivity contribution in [3.05, 3.63) is 29.6 Å². The van der Waals surface area contributed by atoms with E-state index in [0.29, 0.717) is 5.92 Å². The van der Waals surface area contributed by atoms with Crippen LogP contribution in [0.1, 0.15) is 24.7 Å². The van der Waals surface area contributed by atoms with Gasteiger partial charge in [0, 0.05) is 7.05 Å². The number of benzene rings is 1. The standard InChI is InChI=1S/C14H21N3/c1-10(9-15)4-5-12-6-7-14-13(8-12)16-11(2)17(14)3/h6-8,10H,4-5,9,15H2,1-3H3. The average molecular weight is 231 g/mol. The van der Waals surface area contributed by atoms with Crippen LogP contribution in [-0.4, -0.2) is 16.1 Å². The topological polar surface area (TPSA) is 43.8 Å². The number of fused-ring (bicyclic) bond motifs is 1. The van der Waals surface area contributed by atoms with Crippen LogP contribution < -0.4 is 5.73 Å². The summed E-state index contributed by atoms with van der Waals surface area (Å²) in [4.78, 5) is 4.56. The molecule has 0 amide bonds. The molecule has 92 valence electrons. The molecule has 2 aromatic rings. The molecule has 0 aliphatic carbocycles. The van der Waals surface area contributed by atoms with E-state index in [-0.39, 0.29) is 0 Å². The molecule has 0 bridgehead atoms. The second-order valence-electron chi connectivity index (χ2n) is 4.92. The van der Waals surface area contributed by atoms with Crippen molar-refractivity contribution in [1.29, 1.82) is 0 Å². The van der Waals surface area contributed by atoms with Gasteiger partial charge in [-0.15, -0.1) is 0 Å². The molecule has 3 heteroatoms. The number of nitrogens with two attached hydrogens (primary N) is 1. The molecule has 0 aliphatic heterocycles. The molecule has 2 rings (SSSR count). The highest BCUT2D eigenvalue weighted by atomic mass is 15.0. The fourth-order valence-electron chi connectivity index (χ4n) is 2.05. The highest BCUT2D eigenvalue weighted by Crippen LogP contribution is 2.18. The van der Waals surface area contributed by atoms with Crippen molar-refractivity contribution in [3.8, 4) is 0 Å². The lowest BCUT2D eigenvalue weighted by molar-refractivity contribution is 0.545. The smallest absolute Gasteiger partial charge is 0.106 e. The van der Waals surface area contributed by atoms with Gasteiger partial charge in [0.1, 0.15) is 5.82 Å². The Kier molecular flexibility index (Phi) is 3.48. The lowest BCUT2D eigenvalue weighted by Gasteiger charge is -2.07. The summed E-state index contributed by atoms with van der Waals surface area (Å²) in [5.74, 6) is 1.66. The third-order valence-corrected chi connectivity index (χ3v) is 3.50. The van der Waals surface area contributed by atoms with Gasteiger partial charge in [-0.1, -0.05) is 13.0 Å². The van der Waals surface area contributed by atoms with Crippen molar-refractivity contribution in [2.45, 2.75) is 26.7 Å². The van der Waals surface area contributed by atoms with Gasteiger partial charge < -0.3 is 10.3 Å².